The highest BCUT2D eigenvalue weighted by Gasteiger charge is 2.16. The first-order chi connectivity index (χ1) is 6.16. The third-order valence-electron chi connectivity index (χ3n) is 1.50. The molecule has 0 aliphatic heterocycles. The van der Waals surface area contributed by atoms with E-state index in [0.717, 1.165) is 0 Å². The second-order valence-electron chi connectivity index (χ2n) is 2.38. The van der Waals surface area contributed by atoms with Gasteiger partial charge in [0.05, 0.1) is 12.3 Å². The van der Waals surface area contributed by atoms with E-state index in [1.54, 1.807) is 13.8 Å². The highest BCUT2D eigenvalue weighted by atomic mass is 16.5. The van der Waals surface area contributed by atoms with Gasteiger partial charge in [0.2, 0.25) is 5.88 Å². The molecule has 0 bridgehead atoms. The smallest absolute Gasteiger partial charge is 0.345 e. The summed E-state index contributed by atoms with van der Waals surface area (Å²) >= 11 is 0. The fourth-order valence-electron chi connectivity index (χ4n) is 0.903. The zero-order valence-electron chi connectivity index (χ0n) is 7.44. The molecule has 1 heterocycles. The number of hydrogen-bond acceptors (Lipinski definition) is 5. The molecule has 1 aromatic rings. The Morgan fingerprint density at radius 3 is 2.85 bits per heavy atom. The Kier molecular flexibility index (Phi) is 2.79. The summed E-state index contributed by atoms with van der Waals surface area (Å²) in [6, 6.07) is 0. The van der Waals surface area contributed by atoms with Gasteiger partial charge in [-0.1, -0.05) is 0 Å². The highest BCUT2D eigenvalue weighted by molar-refractivity contribution is 5.92. The van der Waals surface area contributed by atoms with Gasteiger partial charge in [0, 0.05) is 0 Å². The maximum Gasteiger partial charge on any atom is 0.345 e. The van der Waals surface area contributed by atoms with Gasteiger partial charge in [0.15, 0.2) is 0 Å². The van der Waals surface area contributed by atoms with Crippen LogP contribution in [0.5, 0.6) is 5.88 Å². The summed E-state index contributed by atoms with van der Waals surface area (Å²) in [5.74, 6) is -0.941. The van der Waals surface area contributed by atoms with E-state index in [9.17, 15) is 9.90 Å². The molecule has 70 valence electrons. The number of aromatic nitrogens is 2. The molecule has 5 heteroatoms. The van der Waals surface area contributed by atoms with Crippen LogP contribution in [0.4, 0.5) is 0 Å². The van der Waals surface area contributed by atoms with Crippen LogP contribution in [0.25, 0.3) is 0 Å². The minimum Gasteiger partial charge on any atom is -0.493 e. The van der Waals surface area contributed by atoms with Gasteiger partial charge in [-0.3, -0.25) is 0 Å². The first-order valence-corrected chi connectivity index (χ1v) is 3.84. The Balaban J connectivity index is 3.05. The topological polar surface area (TPSA) is 72.3 Å². The first-order valence-electron chi connectivity index (χ1n) is 3.84. The second-order valence-corrected chi connectivity index (χ2v) is 2.38. The molecule has 0 spiro atoms. The SMILES string of the molecule is CCOC(=O)c1c(C)ncnc1O. The van der Waals surface area contributed by atoms with Crippen LogP contribution < -0.4 is 0 Å². The predicted molar refractivity (Wildman–Crippen MR) is 44.4 cm³/mol. The lowest BCUT2D eigenvalue weighted by Gasteiger charge is -2.04. The third kappa shape index (κ3) is 1.93. The van der Waals surface area contributed by atoms with Crippen LogP contribution in [-0.4, -0.2) is 27.7 Å². The van der Waals surface area contributed by atoms with E-state index in [1.807, 2.05) is 0 Å². The number of aryl methyl sites for hydroxylation is 1. The van der Waals surface area contributed by atoms with Crippen LogP contribution in [0.3, 0.4) is 0 Å². The number of ether oxygens (including phenoxy) is 1. The summed E-state index contributed by atoms with van der Waals surface area (Å²) in [4.78, 5) is 18.5. The lowest BCUT2D eigenvalue weighted by molar-refractivity contribution is 0.0520. The molecule has 0 saturated carbocycles. The van der Waals surface area contributed by atoms with Crippen molar-refractivity contribution in [3.63, 3.8) is 0 Å². The molecule has 0 saturated heterocycles. The Morgan fingerprint density at radius 2 is 2.31 bits per heavy atom. The predicted octanol–water partition coefficient (Wildman–Crippen LogP) is 0.667. The molecule has 1 N–H and O–H groups in total. The molecule has 0 unspecified atom stereocenters. The normalized spacial score (nSPS) is 9.69. The number of hydrogen-bond donors (Lipinski definition) is 1. The van der Waals surface area contributed by atoms with E-state index in [4.69, 9.17) is 4.74 Å². The van der Waals surface area contributed by atoms with Crippen molar-refractivity contribution in [2.45, 2.75) is 13.8 Å². The molecule has 0 radical (unpaired) electrons. The molecule has 0 aliphatic carbocycles. The van der Waals surface area contributed by atoms with Gasteiger partial charge >= 0.3 is 5.97 Å². The largest absolute Gasteiger partial charge is 0.493 e. The first kappa shape index (κ1) is 9.44. The number of carbonyl (C=O) groups is 1. The number of esters is 1. The van der Waals surface area contributed by atoms with Crippen molar-refractivity contribution >= 4 is 5.97 Å². The highest BCUT2D eigenvalue weighted by Crippen LogP contribution is 2.15. The Labute approximate surface area is 75.4 Å². The minimum absolute atomic E-state index is 0.0318. The van der Waals surface area contributed by atoms with Gasteiger partial charge in [-0.2, -0.15) is 0 Å². The van der Waals surface area contributed by atoms with Gasteiger partial charge in [0.1, 0.15) is 11.9 Å². The zero-order chi connectivity index (χ0) is 9.84. The summed E-state index contributed by atoms with van der Waals surface area (Å²) in [5.41, 5.74) is 0.440. The standard InChI is InChI=1S/C8H10N2O3/c1-3-13-8(12)6-5(2)9-4-10-7(6)11/h4H,3H2,1-2H3,(H,9,10,11). The van der Waals surface area contributed by atoms with Crippen molar-refractivity contribution < 1.29 is 14.6 Å². The Bertz CT molecular complexity index is 305. The monoisotopic (exact) mass is 182 g/mol. The molecule has 0 fully saturated rings. The molecule has 1 rings (SSSR count). The van der Waals surface area contributed by atoms with Gasteiger partial charge < -0.3 is 9.84 Å². The molecule has 0 atom stereocenters. The average Bonchev–Trinajstić information content (AvgIpc) is 2.04. The lowest BCUT2D eigenvalue weighted by Crippen LogP contribution is -2.08. The Hall–Kier alpha value is -1.65. The van der Waals surface area contributed by atoms with Crippen LogP contribution >= 0.6 is 0 Å². The van der Waals surface area contributed by atoms with E-state index in [1.165, 1.54) is 6.33 Å². The van der Waals surface area contributed by atoms with Crippen molar-refractivity contribution in [2.75, 3.05) is 6.61 Å². The maximum absolute atomic E-state index is 11.2. The summed E-state index contributed by atoms with van der Waals surface area (Å²) < 4.78 is 4.71. The Morgan fingerprint density at radius 1 is 1.62 bits per heavy atom. The van der Waals surface area contributed by atoms with Crippen LogP contribution in [-0.2, 0) is 4.74 Å². The summed E-state index contributed by atoms with van der Waals surface area (Å²) in [6.07, 6.45) is 1.19. The maximum atomic E-state index is 11.2. The summed E-state index contributed by atoms with van der Waals surface area (Å²) in [7, 11) is 0. The quantitative estimate of drug-likeness (QED) is 0.680. The van der Waals surface area contributed by atoms with Crippen LogP contribution in [0.15, 0.2) is 6.33 Å². The third-order valence-corrected chi connectivity index (χ3v) is 1.50. The molecule has 0 aliphatic rings. The second kappa shape index (κ2) is 3.84. The number of rotatable bonds is 2. The van der Waals surface area contributed by atoms with E-state index in [2.05, 4.69) is 9.97 Å². The van der Waals surface area contributed by atoms with Crippen molar-refractivity contribution in [1.82, 2.24) is 9.97 Å². The summed E-state index contributed by atoms with van der Waals surface area (Å²) in [5, 5.41) is 9.24. The van der Waals surface area contributed by atoms with Crippen molar-refractivity contribution in [3.8, 4) is 5.88 Å². The molecule has 13 heavy (non-hydrogen) atoms. The zero-order valence-corrected chi connectivity index (χ0v) is 7.44. The van der Waals surface area contributed by atoms with E-state index < -0.39 is 5.97 Å². The molecular formula is C8H10N2O3. The van der Waals surface area contributed by atoms with Gasteiger partial charge in [-0.25, -0.2) is 14.8 Å². The average molecular weight is 182 g/mol. The van der Waals surface area contributed by atoms with E-state index in [-0.39, 0.29) is 18.1 Å². The lowest BCUT2D eigenvalue weighted by atomic mass is 10.2. The van der Waals surface area contributed by atoms with Gasteiger partial charge in [0.25, 0.3) is 0 Å². The van der Waals surface area contributed by atoms with Crippen molar-refractivity contribution in [3.05, 3.63) is 17.6 Å². The molecule has 5 nitrogen and oxygen atoms in total. The molecular weight excluding hydrogens is 172 g/mol. The van der Waals surface area contributed by atoms with Crippen molar-refractivity contribution in [2.24, 2.45) is 0 Å². The number of aromatic hydroxyl groups is 1. The van der Waals surface area contributed by atoms with Crippen LogP contribution in [0, 0.1) is 6.92 Å². The fraction of sp³-hybridized carbons (Fsp3) is 0.375. The van der Waals surface area contributed by atoms with Gasteiger partial charge in [-0.15, -0.1) is 0 Å². The van der Waals surface area contributed by atoms with E-state index >= 15 is 0 Å². The van der Waals surface area contributed by atoms with E-state index in [0.29, 0.717) is 5.69 Å². The number of carbonyl (C=O) groups excluding carboxylic acids is 1. The molecule has 0 aromatic carbocycles. The number of nitrogens with zero attached hydrogens (tertiary/aromatic N) is 2. The van der Waals surface area contributed by atoms with Crippen molar-refractivity contribution in [1.29, 1.82) is 0 Å². The minimum atomic E-state index is -0.599. The van der Waals surface area contributed by atoms with Crippen LogP contribution in [0.2, 0.25) is 0 Å². The summed E-state index contributed by atoms with van der Waals surface area (Å²) in [6.45, 7) is 3.55. The van der Waals surface area contributed by atoms with Crippen LogP contribution in [0.1, 0.15) is 23.0 Å². The fourth-order valence-corrected chi connectivity index (χ4v) is 0.903. The molecule has 0 amide bonds. The van der Waals surface area contributed by atoms with Gasteiger partial charge in [-0.05, 0) is 13.8 Å². The molecule has 1 aromatic heterocycles.